The van der Waals surface area contributed by atoms with Crippen LogP contribution in [-0.2, 0) is 26.5 Å². The number of amides is 1. The van der Waals surface area contributed by atoms with Gasteiger partial charge in [-0.25, -0.2) is 8.42 Å². The van der Waals surface area contributed by atoms with E-state index in [2.05, 4.69) is 5.32 Å². The largest absolute Gasteiger partial charge is 0.455 e. The number of hydrogen-bond acceptors (Lipinski definition) is 6. The van der Waals surface area contributed by atoms with Crippen LogP contribution < -0.4 is 10.2 Å². The number of methoxy groups -OCH3 is 1. The number of furan rings is 1. The van der Waals surface area contributed by atoms with Crippen molar-refractivity contribution in [2.45, 2.75) is 30.9 Å². The number of ether oxygens (including phenoxy) is 1. The van der Waals surface area contributed by atoms with Gasteiger partial charge in [0.2, 0.25) is 0 Å². The Balaban J connectivity index is 1.79. The van der Waals surface area contributed by atoms with Gasteiger partial charge in [0.25, 0.3) is 5.91 Å². The highest BCUT2D eigenvalue weighted by molar-refractivity contribution is 7.89. The summed E-state index contributed by atoms with van der Waals surface area (Å²) in [5, 5.41) is 2.37. The van der Waals surface area contributed by atoms with Crippen molar-refractivity contribution in [3.8, 4) is 0 Å². The molecule has 0 unspecified atom stereocenters. The Morgan fingerprint density at radius 3 is 2.48 bits per heavy atom. The van der Waals surface area contributed by atoms with Crippen molar-refractivity contribution in [3.63, 3.8) is 0 Å². The molecule has 1 fully saturated rings. The molecule has 1 saturated heterocycles. The van der Waals surface area contributed by atoms with E-state index in [-0.39, 0.29) is 34.8 Å². The van der Waals surface area contributed by atoms with E-state index in [1.807, 2.05) is 0 Å². The minimum atomic E-state index is -4.61. The predicted molar refractivity (Wildman–Crippen MR) is 109 cm³/mol. The number of nitrogens with zero attached hydrogens (tertiary/aromatic N) is 1. The molecule has 1 aromatic heterocycles. The quantitative estimate of drug-likeness (QED) is 0.707. The molecule has 3 rings (SSSR count). The molecule has 0 bridgehead atoms. The lowest BCUT2D eigenvalue weighted by molar-refractivity contribution is -0.137. The van der Waals surface area contributed by atoms with Gasteiger partial charge in [-0.3, -0.25) is 4.79 Å². The summed E-state index contributed by atoms with van der Waals surface area (Å²) in [6, 6.07) is 6.22. The average Bonchev–Trinajstić information content (AvgIpc) is 3.14. The lowest BCUT2D eigenvalue weighted by Crippen LogP contribution is -2.37. The topological polar surface area (TPSA) is 88.9 Å². The Bertz CT molecular complexity index is 1040. The molecule has 1 aliphatic heterocycles. The van der Waals surface area contributed by atoms with Gasteiger partial charge >= 0.3 is 6.18 Å². The summed E-state index contributed by atoms with van der Waals surface area (Å²) in [4.78, 5) is 14.0. The van der Waals surface area contributed by atoms with Crippen LogP contribution in [0.15, 0.2) is 34.7 Å². The van der Waals surface area contributed by atoms with Crippen LogP contribution in [0.3, 0.4) is 0 Å². The van der Waals surface area contributed by atoms with E-state index < -0.39 is 27.5 Å². The number of alkyl halides is 3. The summed E-state index contributed by atoms with van der Waals surface area (Å²) < 4.78 is 74.2. The Morgan fingerprint density at radius 2 is 1.90 bits per heavy atom. The number of piperidine rings is 1. The molecule has 0 aliphatic carbocycles. The molecule has 0 saturated carbocycles. The summed E-state index contributed by atoms with van der Waals surface area (Å²) >= 11 is 0. The lowest BCUT2D eigenvalue weighted by Gasteiger charge is -2.34. The number of carbonyl (C=O) groups is 1. The fourth-order valence-corrected chi connectivity index (χ4v) is 4.15. The number of nitrogens with one attached hydrogen (secondary N) is 1. The van der Waals surface area contributed by atoms with Gasteiger partial charge in [0.1, 0.15) is 11.5 Å². The first kappa shape index (κ1) is 23.1. The third-order valence-electron chi connectivity index (χ3n) is 4.97. The van der Waals surface area contributed by atoms with Crippen LogP contribution in [0.4, 0.5) is 24.5 Å². The standard InChI is InChI=1S/C20H23F3N2O5S/c1-29-14-7-9-25(10-8-14)17-5-3-13(11-16(17)20(21,22)23)24-19(26)18-6-4-15(30-18)12-31(2,27)28/h3-6,11,14H,7-10,12H2,1-2H3,(H,24,26). The van der Waals surface area contributed by atoms with Gasteiger partial charge < -0.3 is 19.4 Å². The fourth-order valence-electron chi connectivity index (χ4n) is 3.48. The van der Waals surface area contributed by atoms with Crippen LogP contribution in [0.1, 0.15) is 34.7 Å². The van der Waals surface area contributed by atoms with E-state index in [1.165, 1.54) is 24.3 Å². The van der Waals surface area contributed by atoms with Crippen LogP contribution >= 0.6 is 0 Å². The average molecular weight is 460 g/mol. The Labute approximate surface area is 178 Å². The zero-order valence-electron chi connectivity index (χ0n) is 17.0. The molecule has 170 valence electrons. The van der Waals surface area contributed by atoms with Crippen molar-refractivity contribution in [1.29, 1.82) is 0 Å². The Kier molecular flexibility index (Phi) is 6.65. The predicted octanol–water partition coefficient (Wildman–Crippen LogP) is 3.71. The van der Waals surface area contributed by atoms with E-state index >= 15 is 0 Å². The zero-order valence-corrected chi connectivity index (χ0v) is 17.8. The maximum atomic E-state index is 13.7. The van der Waals surface area contributed by atoms with Gasteiger partial charge in [0.05, 0.1) is 11.7 Å². The lowest BCUT2D eigenvalue weighted by atomic mass is 10.0. The van der Waals surface area contributed by atoms with Crippen molar-refractivity contribution < 1.29 is 35.5 Å². The number of hydrogen-bond donors (Lipinski definition) is 1. The maximum Gasteiger partial charge on any atom is 0.418 e. The molecule has 2 aromatic rings. The Hall–Kier alpha value is -2.53. The molecule has 1 amide bonds. The first-order valence-corrected chi connectivity index (χ1v) is 11.6. The molecule has 0 radical (unpaired) electrons. The molecule has 11 heteroatoms. The minimum Gasteiger partial charge on any atom is -0.455 e. The maximum absolute atomic E-state index is 13.7. The normalized spacial score (nSPS) is 15.8. The highest BCUT2D eigenvalue weighted by Gasteiger charge is 2.36. The molecule has 1 N–H and O–H groups in total. The number of carbonyl (C=O) groups excluding carboxylic acids is 1. The van der Waals surface area contributed by atoms with Gasteiger partial charge in [0.15, 0.2) is 15.6 Å². The molecule has 7 nitrogen and oxygen atoms in total. The molecule has 31 heavy (non-hydrogen) atoms. The molecular formula is C20H23F3N2O5S. The van der Waals surface area contributed by atoms with E-state index in [9.17, 15) is 26.4 Å². The van der Waals surface area contributed by atoms with Crippen LogP contribution in [0, 0.1) is 0 Å². The summed E-state index contributed by atoms with van der Waals surface area (Å²) in [6.07, 6.45) is -2.30. The van der Waals surface area contributed by atoms with Gasteiger partial charge in [-0.2, -0.15) is 13.2 Å². The third kappa shape index (κ3) is 6.01. The van der Waals surface area contributed by atoms with E-state index in [4.69, 9.17) is 9.15 Å². The summed E-state index contributed by atoms with van der Waals surface area (Å²) in [5.41, 5.74) is -0.846. The van der Waals surface area contributed by atoms with Crippen LogP contribution in [0.2, 0.25) is 0 Å². The van der Waals surface area contributed by atoms with Gasteiger partial charge in [0, 0.05) is 37.8 Å². The Morgan fingerprint density at radius 1 is 1.23 bits per heavy atom. The number of halogens is 3. The molecule has 1 aliphatic rings. The van der Waals surface area contributed by atoms with Gasteiger partial charge in [-0.15, -0.1) is 0 Å². The van der Waals surface area contributed by atoms with Crippen molar-refractivity contribution in [2.75, 3.05) is 36.7 Å². The molecule has 0 atom stereocenters. The van der Waals surface area contributed by atoms with E-state index in [0.29, 0.717) is 25.9 Å². The van der Waals surface area contributed by atoms with Crippen molar-refractivity contribution in [1.82, 2.24) is 0 Å². The van der Waals surface area contributed by atoms with Crippen LogP contribution in [0.5, 0.6) is 0 Å². The van der Waals surface area contributed by atoms with Gasteiger partial charge in [-0.1, -0.05) is 0 Å². The second-order valence-corrected chi connectivity index (χ2v) is 9.58. The van der Waals surface area contributed by atoms with E-state index in [0.717, 1.165) is 12.3 Å². The van der Waals surface area contributed by atoms with Crippen LogP contribution in [-0.4, -0.2) is 46.9 Å². The van der Waals surface area contributed by atoms with Crippen molar-refractivity contribution in [2.24, 2.45) is 0 Å². The molecule has 1 aromatic carbocycles. The first-order chi connectivity index (χ1) is 14.5. The SMILES string of the molecule is COC1CCN(c2ccc(NC(=O)c3ccc(CS(C)(=O)=O)o3)cc2C(F)(F)F)CC1. The number of sulfone groups is 1. The summed E-state index contributed by atoms with van der Waals surface area (Å²) in [7, 11) is -1.77. The van der Waals surface area contributed by atoms with Gasteiger partial charge in [-0.05, 0) is 43.2 Å². The number of benzene rings is 1. The summed E-state index contributed by atoms with van der Waals surface area (Å²) in [5.74, 6) is -1.29. The minimum absolute atomic E-state index is 0.0324. The first-order valence-electron chi connectivity index (χ1n) is 9.53. The number of anilines is 2. The van der Waals surface area contributed by atoms with E-state index in [1.54, 1.807) is 12.0 Å². The van der Waals surface area contributed by atoms with Crippen LogP contribution in [0.25, 0.3) is 0 Å². The summed E-state index contributed by atoms with van der Waals surface area (Å²) in [6.45, 7) is 0.867. The number of rotatable bonds is 6. The third-order valence-corrected chi connectivity index (χ3v) is 5.77. The van der Waals surface area contributed by atoms with Crippen molar-refractivity contribution in [3.05, 3.63) is 47.4 Å². The van der Waals surface area contributed by atoms with Crippen molar-refractivity contribution >= 4 is 27.1 Å². The molecule has 0 spiro atoms. The highest BCUT2D eigenvalue weighted by Crippen LogP contribution is 2.39. The highest BCUT2D eigenvalue weighted by atomic mass is 32.2. The zero-order chi connectivity index (χ0) is 22.8. The fraction of sp³-hybridized carbons (Fsp3) is 0.450. The second-order valence-electron chi connectivity index (χ2n) is 7.44. The second kappa shape index (κ2) is 8.91. The smallest absolute Gasteiger partial charge is 0.418 e. The monoisotopic (exact) mass is 460 g/mol. The molecule has 2 heterocycles. The molecular weight excluding hydrogens is 437 g/mol.